The number of carbonyl (C=O) groups is 2. The molecule has 1 fully saturated rings. The number of rotatable bonds is 5. The van der Waals surface area contributed by atoms with Crippen molar-refractivity contribution in [1.82, 2.24) is 4.90 Å². The molecule has 1 aromatic carbocycles. The topological polar surface area (TPSA) is 76.1 Å². The summed E-state index contributed by atoms with van der Waals surface area (Å²) in [5, 5.41) is 9.20. The van der Waals surface area contributed by atoms with Crippen molar-refractivity contribution in [3.63, 3.8) is 0 Å². The molecular formula is C15H17NO5. The van der Waals surface area contributed by atoms with E-state index in [2.05, 4.69) is 6.58 Å². The summed E-state index contributed by atoms with van der Waals surface area (Å²) in [4.78, 5) is 25.1. The molecule has 0 aliphatic carbocycles. The second kappa shape index (κ2) is 6.90. The van der Waals surface area contributed by atoms with Gasteiger partial charge in [0.2, 0.25) is 0 Å². The van der Waals surface area contributed by atoms with Crippen molar-refractivity contribution in [2.75, 3.05) is 26.4 Å². The number of carboxylic acids is 1. The first-order valence-electron chi connectivity index (χ1n) is 6.59. The van der Waals surface area contributed by atoms with Gasteiger partial charge >= 0.3 is 5.97 Å². The van der Waals surface area contributed by atoms with Crippen LogP contribution < -0.4 is 4.74 Å². The Hall–Kier alpha value is -2.34. The van der Waals surface area contributed by atoms with E-state index in [4.69, 9.17) is 9.47 Å². The summed E-state index contributed by atoms with van der Waals surface area (Å²) < 4.78 is 10.6. The van der Waals surface area contributed by atoms with Gasteiger partial charge in [-0.25, -0.2) is 4.79 Å². The number of carbonyl (C=O) groups excluding carboxylic acids is 1. The minimum atomic E-state index is -1.08. The second-order valence-electron chi connectivity index (χ2n) is 4.52. The van der Waals surface area contributed by atoms with Crippen molar-refractivity contribution < 1.29 is 24.2 Å². The van der Waals surface area contributed by atoms with Crippen molar-refractivity contribution in [2.24, 2.45) is 0 Å². The van der Waals surface area contributed by atoms with Crippen LogP contribution in [0, 0.1) is 0 Å². The summed E-state index contributed by atoms with van der Waals surface area (Å²) >= 11 is 0. The molecule has 1 aliphatic rings. The van der Waals surface area contributed by atoms with Crippen molar-refractivity contribution in [2.45, 2.75) is 6.04 Å². The van der Waals surface area contributed by atoms with Crippen LogP contribution in [0.2, 0.25) is 0 Å². The monoisotopic (exact) mass is 291 g/mol. The van der Waals surface area contributed by atoms with Gasteiger partial charge in [-0.15, -0.1) is 0 Å². The Balaban J connectivity index is 2.25. The molecular weight excluding hydrogens is 274 g/mol. The summed E-state index contributed by atoms with van der Waals surface area (Å²) in [5.74, 6) is -1.03. The van der Waals surface area contributed by atoms with Crippen LogP contribution in [0.3, 0.4) is 0 Å². The van der Waals surface area contributed by atoms with Gasteiger partial charge in [-0.1, -0.05) is 24.8 Å². The highest BCUT2D eigenvalue weighted by Gasteiger charge is 2.34. The van der Waals surface area contributed by atoms with Crippen LogP contribution >= 0.6 is 0 Å². The lowest BCUT2D eigenvalue weighted by Gasteiger charge is -2.33. The highest BCUT2D eigenvalue weighted by molar-refractivity contribution is 5.99. The molecule has 0 radical (unpaired) electrons. The molecule has 1 amide bonds. The Morgan fingerprint density at radius 3 is 2.95 bits per heavy atom. The van der Waals surface area contributed by atoms with E-state index in [0.29, 0.717) is 17.9 Å². The predicted octanol–water partition coefficient (Wildman–Crippen LogP) is 1.18. The maximum atomic E-state index is 12.6. The third-order valence-corrected chi connectivity index (χ3v) is 3.15. The number of amides is 1. The molecule has 0 bridgehead atoms. The van der Waals surface area contributed by atoms with Gasteiger partial charge in [0, 0.05) is 6.54 Å². The summed E-state index contributed by atoms with van der Waals surface area (Å²) in [6.07, 6.45) is 1.58. The Labute approximate surface area is 122 Å². The van der Waals surface area contributed by atoms with Crippen LogP contribution in [-0.2, 0) is 9.53 Å². The van der Waals surface area contributed by atoms with Gasteiger partial charge in [-0.2, -0.15) is 0 Å². The molecule has 6 heteroatoms. The summed E-state index contributed by atoms with van der Waals surface area (Å²) in [7, 11) is 0. The first kappa shape index (κ1) is 15.1. The molecule has 1 aliphatic heterocycles. The summed E-state index contributed by atoms with van der Waals surface area (Å²) in [6.45, 7) is 4.40. The van der Waals surface area contributed by atoms with Crippen LogP contribution in [0.15, 0.2) is 36.9 Å². The van der Waals surface area contributed by atoms with E-state index in [1.54, 1.807) is 30.3 Å². The molecule has 112 valence electrons. The molecule has 1 N–H and O–H groups in total. The zero-order valence-corrected chi connectivity index (χ0v) is 11.5. The number of ether oxygens (including phenoxy) is 2. The molecule has 1 saturated heterocycles. The van der Waals surface area contributed by atoms with Crippen molar-refractivity contribution in [1.29, 1.82) is 0 Å². The number of benzene rings is 1. The normalized spacial score (nSPS) is 18.1. The molecule has 21 heavy (non-hydrogen) atoms. The maximum absolute atomic E-state index is 12.6. The van der Waals surface area contributed by atoms with E-state index in [1.807, 2.05) is 0 Å². The third kappa shape index (κ3) is 3.41. The quantitative estimate of drug-likeness (QED) is 0.824. The van der Waals surface area contributed by atoms with Crippen LogP contribution in [0.25, 0.3) is 0 Å². The number of carboxylic acid groups (broad SMARTS) is 1. The average molecular weight is 291 g/mol. The third-order valence-electron chi connectivity index (χ3n) is 3.15. The minimum Gasteiger partial charge on any atom is -0.489 e. The number of para-hydroxylation sites is 1. The SMILES string of the molecule is C=CCOc1ccccc1C(=O)N1CCOCC1C(=O)O. The first-order chi connectivity index (χ1) is 10.1. The first-order valence-corrected chi connectivity index (χ1v) is 6.59. The van der Waals surface area contributed by atoms with Gasteiger partial charge in [0.1, 0.15) is 12.4 Å². The Kier molecular flexibility index (Phi) is 4.94. The number of nitrogens with zero attached hydrogens (tertiary/aromatic N) is 1. The van der Waals surface area contributed by atoms with Gasteiger partial charge in [-0.05, 0) is 12.1 Å². The molecule has 1 heterocycles. The molecule has 6 nitrogen and oxygen atoms in total. The molecule has 0 aromatic heterocycles. The number of morpholine rings is 1. The highest BCUT2D eigenvalue weighted by Crippen LogP contribution is 2.22. The molecule has 0 spiro atoms. The van der Waals surface area contributed by atoms with Crippen LogP contribution in [0.1, 0.15) is 10.4 Å². The van der Waals surface area contributed by atoms with E-state index < -0.39 is 12.0 Å². The summed E-state index contributed by atoms with van der Waals surface area (Å²) in [6, 6.07) is 5.79. The number of hydrogen-bond acceptors (Lipinski definition) is 4. The lowest BCUT2D eigenvalue weighted by molar-refractivity contribution is -0.147. The van der Waals surface area contributed by atoms with Gasteiger partial charge in [-0.3, -0.25) is 4.79 Å². The number of aliphatic carboxylic acids is 1. The fraction of sp³-hybridized carbons (Fsp3) is 0.333. The number of hydrogen-bond donors (Lipinski definition) is 1. The van der Waals surface area contributed by atoms with Crippen molar-refractivity contribution in [3.8, 4) is 5.75 Å². The summed E-state index contributed by atoms with van der Waals surface area (Å²) in [5.41, 5.74) is 0.340. The Bertz CT molecular complexity index is 543. The average Bonchev–Trinajstić information content (AvgIpc) is 2.52. The van der Waals surface area contributed by atoms with E-state index in [0.717, 1.165) is 0 Å². The largest absolute Gasteiger partial charge is 0.489 e. The van der Waals surface area contributed by atoms with Crippen LogP contribution in [0.4, 0.5) is 0 Å². The Morgan fingerprint density at radius 2 is 2.24 bits per heavy atom. The van der Waals surface area contributed by atoms with Crippen molar-refractivity contribution >= 4 is 11.9 Å². The lowest BCUT2D eigenvalue weighted by atomic mass is 10.1. The predicted molar refractivity (Wildman–Crippen MR) is 75.4 cm³/mol. The zero-order chi connectivity index (χ0) is 15.2. The zero-order valence-electron chi connectivity index (χ0n) is 11.5. The van der Waals surface area contributed by atoms with Crippen molar-refractivity contribution in [3.05, 3.63) is 42.5 Å². The molecule has 1 aromatic rings. The van der Waals surface area contributed by atoms with E-state index in [9.17, 15) is 14.7 Å². The van der Waals surface area contributed by atoms with E-state index in [1.165, 1.54) is 4.90 Å². The molecule has 0 saturated carbocycles. The van der Waals surface area contributed by atoms with Gasteiger partial charge in [0.15, 0.2) is 6.04 Å². The minimum absolute atomic E-state index is 0.00322. The van der Waals surface area contributed by atoms with Gasteiger partial charge in [0.05, 0.1) is 18.8 Å². The maximum Gasteiger partial charge on any atom is 0.328 e. The second-order valence-corrected chi connectivity index (χ2v) is 4.52. The highest BCUT2D eigenvalue weighted by atomic mass is 16.5. The Morgan fingerprint density at radius 1 is 1.48 bits per heavy atom. The van der Waals surface area contributed by atoms with E-state index in [-0.39, 0.29) is 25.7 Å². The van der Waals surface area contributed by atoms with Gasteiger partial charge in [0.25, 0.3) is 5.91 Å². The van der Waals surface area contributed by atoms with Crippen LogP contribution in [-0.4, -0.2) is 54.3 Å². The molecule has 1 atom stereocenters. The fourth-order valence-electron chi connectivity index (χ4n) is 2.12. The molecule has 2 rings (SSSR count). The fourth-order valence-corrected chi connectivity index (χ4v) is 2.12. The lowest BCUT2D eigenvalue weighted by Crippen LogP contribution is -2.52. The van der Waals surface area contributed by atoms with Crippen LogP contribution in [0.5, 0.6) is 5.75 Å². The van der Waals surface area contributed by atoms with E-state index >= 15 is 0 Å². The smallest absolute Gasteiger partial charge is 0.328 e. The standard InChI is InChI=1S/C15H17NO5/c1-2-8-21-13-6-4-3-5-11(13)14(17)16-7-9-20-10-12(16)15(18)19/h2-6,12H,1,7-10H2,(H,18,19). The van der Waals surface area contributed by atoms with Gasteiger partial charge < -0.3 is 19.5 Å². The molecule has 1 unspecified atom stereocenters.